The molecule has 0 atom stereocenters. The Bertz CT molecular complexity index is 431. The smallest absolute Gasteiger partial charge is 0.304 e. The van der Waals surface area contributed by atoms with Gasteiger partial charge in [-0.2, -0.15) is 0 Å². The van der Waals surface area contributed by atoms with Gasteiger partial charge in [0, 0.05) is 5.41 Å². The van der Waals surface area contributed by atoms with Gasteiger partial charge in [0.2, 0.25) is 0 Å². The van der Waals surface area contributed by atoms with Crippen LogP contribution in [0.1, 0.15) is 49.4 Å². The van der Waals surface area contributed by atoms with E-state index in [1.165, 1.54) is 16.7 Å². The number of benzene rings is 1. The van der Waals surface area contributed by atoms with Gasteiger partial charge in [-0.15, -0.1) is 0 Å². The molecule has 1 rings (SSSR count). The molecule has 2 heteroatoms. The van der Waals surface area contributed by atoms with Crippen molar-refractivity contribution in [2.45, 2.75) is 52.9 Å². The summed E-state index contributed by atoms with van der Waals surface area (Å²) in [5.74, 6) is -0.742. The van der Waals surface area contributed by atoms with Crippen LogP contribution in [0.4, 0.5) is 0 Å². The van der Waals surface area contributed by atoms with Crippen LogP contribution in [0.15, 0.2) is 12.1 Å². The van der Waals surface area contributed by atoms with E-state index in [2.05, 4.69) is 32.9 Å². The van der Waals surface area contributed by atoms with Crippen molar-refractivity contribution < 1.29 is 9.90 Å². The van der Waals surface area contributed by atoms with E-state index in [-0.39, 0.29) is 11.8 Å². The second-order valence-electron chi connectivity index (χ2n) is 5.39. The molecule has 0 aromatic heterocycles. The van der Waals surface area contributed by atoms with E-state index in [1.807, 2.05) is 13.8 Å². The minimum Gasteiger partial charge on any atom is -0.481 e. The number of rotatable bonds is 4. The van der Waals surface area contributed by atoms with Crippen molar-refractivity contribution in [3.05, 3.63) is 34.4 Å². The third-order valence-corrected chi connectivity index (χ3v) is 3.46. The minimum absolute atomic E-state index is 0.167. The highest BCUT2D eigenvalue weighted by molar-refractivity contribution is 5.69. The van der Waals surface area contributed by atoms with Gasteiger partial charge >= 0.3 is 5.97 Å². The summed E-state index contributed by atoms with van der Waals surface area (Å²) in [6.07, 6.45) is 1.15. The third kappa shape index (κ3) is 3.09. The molecular weight excluding hydrogens is 212 g/mol. The Kier molecular flexibility index (Phi) is 3.97. The molecule has 2 nitrogen and oxygen atoms in total. The quantitative estimate of drug-likeness (QED) is 0.864. The summed E-state index contributed by atoms with van der Waals surface area (Å²) in [5, 5.41) is 9.00. The predicted molar refractivity (Wildman–Crippen MR) is 70.6 cm³/mol. The average Bonchev–Trinajstić information content (AvgIpc) is 2.19. The first kappa shape index (κ1) is 13.8. The molecule has 0 amide bonds. The molecule has 0 saturated heterocycles. The lowest BCUT2D eigenvalue weighted by molar-refractivity contribution is -0.138. The van der Waals surface area contributed by atoms with Crippen molar-refractivity contribution in [1.29, 1.82) is 0 Å². The minimum atomic E-state index is -0.742. The fraction of sp³-hybridized carbons (Fsp3) is 0.533. The van der Waals surface area contributed by atoms with Crippen molar-refractivity contribution in [2.75, 3.05) is 0 Å². The van der Waals surface area contributed by atoms with Crippen LogP contribution in [0, 0.1) is 13.8 Å². The van der Waals surface area contributed by atoms with Crippen LogP contribution >= 0.6 is 0 Å². The van der Waals surface area contributed by atoms with Crippen LogP contribution in [-0.2, 0) is 16.6 Å². The normalized spacial score (nSPS) is 11.6. The van der Waals surface area contributed by atoms with Crippen LogP contribution in [0.3, 0.4) is 0 Å². The van der Waals surface area contributed by atoms with Crippen molar-refractivity contribution in [2.24, 2.45) is 0 Å². The van der Waals surface area contributed by atoms with E-state index in [9.17, 15) is 4.79 Å². The Balaban J connectivity index is 3.28. The maximum absolute atomic E-state index is 10.9. The molecule has 17 heavy (non-hydrogen) atoms. The zero-order valence-electron chi connectivity index (χ0n) is 11.4. The van der Waals surface area contributed by atoms with Crippen LogP contribution in [-0.4, -0.2) is 11.1 Å². The zero-order valence-corrected chi connectivity index (χ0v) is 11.4. The Morgan fingerprint density at radius 2 is 1.88 bits per heavy atom. The highest BCUT2D eigenvalue weighted by Crippen LogP contribution is 2.32. The summed E-state index contributed by atoms with van der Waals surface area (Å²) in [7, 11) is 0. The number of carbonyl (C=O) groups is 1. The Hall–Kier alpha value is -1.31. The summed E-state index contributed by atoms with van der Waals surface area (Å²) in [6.45, 7) is 10.3. The van der Waals surface area contributed by atoms with Gasteiger partial charge in [-0.25, -0.2) is 0 Å². The van der Waals surface area contributed by atoms with Crippen LogP contribution in [0.5, 0.6) is 0 Å². The Morgan fingerprint density at radius 3 is 2.35 bits per heavy atom. The molecule has 1 aromatic rings. The molecule has 0 aliphatic rings. The van der Waals surface area contributed by atoms with Gasteiger partial charge < -0.3 is 5.11 Å². The van der Waals surface area contributed by atoms with Gasteiger partial charge in [-0.05, 0) is 42.5 Å². The summed E-state index contributed by atoms with van der Waals surface area (Å²) in [6, 6.07) is 4.35. The molecule has 0 fully saturated rings. The van der Waals surface area contributed by atoms with E-state index in [0.29, 0.717) is 0 Å². The Morgan fingerprint density at radius 1 is 1.29 bits per heavy atom. The number of aliphatic carboxylic acids is 1. The molecule has 0 bridgehead atoms. The van der Waals surface area contributed by atoms with Crippen LogP contribution in [0.2, 0.25) is 0 Å². The van der Waals surface area contributed by atoms with Gasteiger partial charge in [0.15, 0.2) is 0 Å². The molecule has 0 aliphatic carbocycles. The maximum Gasteiger partial charge on any atom is 0.304 e. The van der Waals surface area contributed by atoms with Crippen molar-refractivity contribution in [3.63, 3.8) is 0 Å². The van der Waals surface area contributed by atoms with E-state index in [1.54, 1.807) is 0 Å². The van der Waals surface area contributed by atoms with Gasteiger partial charge in [-0.3, -0.25) is 4.79 Å². The summed E-state index contributed by atoms with van der Waals surface area (Å²) in [4.78, 5) is 10.9. The largest absolute Gasteiger partial charge is 0.481 e. The predicted octanol–water partition coefficient (Wildman–Crippen LogP) is 3.62. The number of carboxylic acids is 1. The van der Waals surface area contributed by atoms with Gasteiger partial charge in [-0.1, -0.05) is 32.9 Å². The van der Waals surface area contributed by atoms with Crippen molar-refractivity contribution in [1.82, 2.24) is 0 Å². The zero-order chi connectivity index (χ0) is 13.2. The highest BCUT2D eigenvalue weighted by Gasteiger charge is 2.26. The number of hydrogen-bond acceptors (Lipinski definition) is 1. The number of hydrogen-bond donors (Lipinski definition) is 1. The number of carboxylic acid groups (broad SMARTS) is 1. The average molecular weight is 234 g/mol. The Labute approximate surface area is 104 Å². The van der Waals surface area contributed by atoms with E-state index >= 15 is 0 Å². The maximum atomic E-state index is 10.9. The summed E-state index contributed by atoms with van der Waals surface area (Å²) in [5.41, 5.74) is 4.59. The SMILES string of the molecule is CCc1cc(C)c(C)c(C(C)(C)CC(=O)O)c1. The monoisotopic (exact) mass is 234 g/mol. The van der Waals surface area contributed by atoms with Crippen molar-refractivity contribution >= 4 is 5.97 Å². The molecule has 0 aliphatic heterocycles. The lowest BCUT2D eigenvalue weighted by Gasteiger charge is -2.27. The first-order chi connectivity index (χ1) is 7.77. The molecular formula is C15H22O2. The van der Waals surface area contributed by atoms with E-state index < -0.39 is 5.97 Å². The molecule has 0 radical (unpaired) electrons. The molecule has 94 valence electrons. The molecule has 0 saturated carbocycles. The first-order valence-electron chi connectivity index (χ1n) is 6.10. The number of aryl methyl sites for hydroxylation is 2. The third-order valence-electron chi connectivity index (χ3n) is 3.46. The lowest BCUT2D eigenvalue weighted by atomic mass is 9.77. The summed E-state index contributed by atoms with van der Waals surface area (Å²) < 4.78 is 0. The molecule has 1 aromatic carbocycles. The van der Waals surface area contributed by atoms with Gasteiger partial charge in [0.1, 0.15) is 0 Å². The standard InChI is InChI=1S/C15H22O2/c1-6-12-7-10(2)11(3)13(8-12)15(4,5)9-14(16)17/h7-8H,6,9H2,1-5H3,(H,16,17). The van der Waals surface area contributed by atoms with Gasteiger partial charge in [0.05, 0.1) is 6.42 Å². The van der Waals surface area contributed by atoms with E-state index in [0.717, 1.165) is 12.0 Å². The second-order valence-corrected chi connectivity index (χ2v) is 5.39. The molecule has 0 heterocycles. The molecule has 0 unspecified atom stereocenters. The fourth-order valence-electron chi connectivity index (χ4n) is 2.31. The van der Waals surface area contributed by atoms with Gasteiger partial charge in [0.25, 0.3) is 0 Å². The fourth-order valence-corrected chi connectivity index (χ4v) is 2.31. The summed E-state index contributed by atoms with van der Waals surface area (Å²) >= 11 is 0. The highest BCUT2D eigenvalue weighted by atomic mass is 16.4. The molecule has 1 N–H and O–H groups in total. The molecule has 0 spiro atoms. The van der Waals surface area contributed by atoms with Crippen LogP contribution in [0.25, 0.3) is 0 Å². The lowest BCUT2D eigenvalue weighted by Crippen LogP contribution is -2.23. The van der Waals surface area contributed by atoms with Crippen molar-refractivity contribution in [3.8, 4) is 0 Å². The first-order valence-corrected chi connectivity index (χ1v) is 6.10. The second kappa shape index (κ2) is 4.91. The topological polar surface area (TPSA) is 37.3 Å². The van der Waals surface area contributed by atoms with Crippen LogP contribution < -0.4 is 0 Å². The van der Waals surface area contributed by atoms with E-state index in [4.69, 9.17) is 5.11 Å².